The zero-order valence-corrected chi connectivity index (χ0v) is 15.4. The van der Waals surface area contributed by atoms with Crippen molar-refractivity contribution in [2.24, 2.45) is 5.92 Å². The van der Waals surface area contributed by atoms with Gasteiger partial charge in [0.1, 0.15) is 0 Å². The molecule has 0 aliphatic rings. The standard InChI is InChI=1S/C18H29O2P/c1-8-16(7)21(20,11-12(2)3)18(19)17-14(5)9-13(4)10-15(17)6/h9-10,12,16H,8,11H2,1-7H3. The SMILES string of the molecule is CCC(C)P(=O)(CC(C)C)C(=O)c1c(C)cc(C)cc1C. The van der Waals surface area contributed by atoms with Crippen molar-refractivity contribution in [2.45, 2.75) is 60.5 Å². The quantitative estimate of drug-likeness (QED) is 0.644. The van der Waals surface area contributed by atoms with E-state index in [0.717, 1.165) is 23.1 Å². The van der Waals surface area contributed by atoms with Crippen molar-refractivity contribution in [3.63, 3.8) is 0 Å². The van der Waals surface area contributed by atoms with E-state index < -0.39 is 7.14 Å². The molecule has 0 bridgehead atoms. The molecule has 0 saturated carbocycles. The Hall–Kier alpha value is -0.880. The van der Waals surface area contributed by atoms with Crippen LogP contribution in [0.15, 0.2) is 12.1 Å². The third kappa shape index (κ3) is 3.86. The fourth-order valence-electron chi connectivity index (χ4n) is 3.01. The summed E-state index contributed by atoms with van der Waals surface area (Å²) >= 11 is 0. The molecule has 0 spiro atoms. The van der Waals surface area contributed by atoms with Crippen LogP contribution in [-0.2, 0) is 4.57 Å². The maximum absolute atomic E-state index is 13.5. The summed E-state index contributed by atoms with van der Waals surface area (Å²) in [6, 6.07) is 4.02. The van der Waals surface area contributed by atoms with Gasteiger partial charge in [-0.25, -0.2) is 0 Å². The molecule has 118 valence electrons. The van der Waals surface area contributed by atoms with E-state index in [4.69, 9.17) is 0 Å². The smallest absolute Gasteiger partial charge is 0.222 e. The van der Waals surface area contributed by atoms with Crippen molar-refractivity contribution >= 4 is 12.7 Å². The van der Waals surface area contributed by atoms with Gasteiger partial charge in [0.05, 0.1) is 0 Å². The Kier molecular flexibility index (Phi) is 5.99. The minimum Gasteiger partial charge on any atom is -0.315 e. The van der Waals surface area contributed by atoms with Gasteiger partial charge in [-0.2, -0.15) is 0 Å². The fraction of sp³-hybridized carbons (Fsp3) is 0.611. The minimum atomic E-state index is -2.89. The van der Waals surface area contributed by atoms with Gasteiger partial charge in [0.25, 0.3) is 0 Å². The van der Waals surface area contributed by atoms with Crippen LogP contribution in [0.3, 0.4) is 0 Å². The Bertz CT molecular complexity index is 550. The highest BCUT2D eigenvalue weighted by molar-refractivity contribution is 7.81. The van der Waals surface area contributed by atoms with Crippen LogP contribution in [0, 0.1) is 26.7 Å². The fourth-order valence-corrected chi connectivity index (χ4v) is 6.34. The van der Waals surface area contributed by atoms with Gasteiger partial charge < -0.3 is 4.57 Å². The Morgan fingerprint density at radius 1 is 1.10 bits per heavy atom. The van der Waals surface area contributed by atoms with Crippen LogP contribution in [0.25, 0.3) is 0 Å². The number of hydrogen-bond donors (Lipinski definition) is 0. The number of aryl methyl sites for hydroxylation is 3. The summed E-state index contributed by atoms with van der Waals surface area (Å²) in [6.45, 7) is 14.0. The van der Waals surface area contributed by atoms with Gasteiger partial charge in [-0.05, 0) is 44.2 Å². The van der Waals surface area contributed by atoms with Gasteiger partial charge in [0.2, 0.25) is 5.52 Å². The van der Waals surface area contributed by atoms with Crippen LogP contribution in [0.1, 0.15) is 61.2 Å². The molecule has 0 fully saturated rings. The number of rotatable bonds is 6. The third-order valence-corrected chi connectivity index (χ3v) is 8.15. The van der Waals surface area contributed by atoms with Crippen LogP contribution >= 0.6 is 7.14 Å². The van der Waals surface area contributed by atoms with Crippen molar-refractivity contribution in [3.8, 4) is 0 Å². The lowest BCUT2D eigenvalue weighted by atomic mass is 10.0. The highest BCUT2D eigenvalue weighted by Crippen LogP contribution is 2.56. The van der Waals surface area contributed by atoms with Crippen molar-refractivity contribution < 1.29 is 9.36 Å². The van der Waals surface area contributed by atoms with Gasteiger partial charge in [0, 0.05) is 17.4 Å². The first-order chi connectivity index (χ1) is 9.63. The molecule has 0 amide bonds. The maximum atomic E-state index is 13.5. The highest BCUT2D eigenvalue weighted by atomic mass is 31.2. The lowest BCUT2D eigenvalue weighted by Gasteiger charge is -2.26. The van der Waals surface area contributed by atoms with E-state index in [9.17, 15) is 9.36 Å². The van der Waals surface area contributed by atoms with E-state index in [1.54, 1.807) is 0 Å². The van der Waals surface area contributed by atoms with Crippen LogP contribution in [-0.4, -0.2) is 17.3 Å². The molecule has 21 heavy (non-hydrogen) atoms. The topological polar surface area (TPSA) is 34.1 Å². The van der Waals surface area contributed by atoms with Crippen molar-refractivity contribution in [1.29, 1.82) is 0 Å². The zero-order chi connectivity index (χ0) is 16.4. The van der Waals surface area contributed by atoms with E-state index in [1.165, 1.54) is 0 Å². The normalized spacial score (nSPS) is 15.8. The molecule has 1 rings (SSSR count). The summed E-state index contributed by atoms with van der Waals surface area (Å²) < 4.78 is 13.5. The minimum absolute atomic E-state index is 0.0486. The average molecular weight is 308 g/mol. The van der Waals surface area contributed by atoms with Gasteiger partial charge in [0.15, 0.2) is 7.14 Å². The monoisotopic (exact) mass is 308 g/mol. The number of carbonyl (C=O) groups is 1. The Labute approximate surface area is 129 Å². The molecular formula is C18H29O2P. The predicted octanol–water partition coefficient (Wildman–Crippen LogP) is 5.57. The van der Waals surface area contributed by atoms with Crippen LogP contribution < -0.4 is 0 Å². The van der Waals surface area contributed by atoms with E-state index in [0.29, 0.717) is 11.7 Å². The van der Waals surface area contributed by atoms with Gasteiger partial charge >= 0.3 is 0 Å². The van der Waals surface area contributed by atoms with Crippen molar-refractivity contribution in [2.75, 3.05) is 6.16 Å². The Morgan fingerprint density at radius 3 is 1.95 bits per heavy atom. The molecule has 1 aromatic carbocycles. The van der Waals surface area contributed by atoms with Gasteiger partial charge in [-0.1, -0.05) is 45.4 Å². The Morgan fingerprint density at radius 2 is 1.57 bits per heavy atom. The first-order valence-corrected chi connectivity index (χ1v) is 9.81. The summed E-state index contributed by atoms with van der Waals surface area (Å²) in [7, 11) is -2.89. The first kappa shape index (κ1) is 18.2. The lowest BCUT2D eigenvalue weighted by molar-refractivity contribution is 0.107. The molecule has 0 aliphatic carbocycles. The summed E-state index contributed by atoms with van der Waals surface area (Å²) in [4.78, 5) is 13.1. The molecule has 2 nitrogen and oxygen atoms in total. The second-order valence-corrected chi connectivity index (χ2v) is 9.95. The average Bonchev–Trinajstić information content (AvgIpc) is 2.35. The molecule has 0 aliphatic heterocycles. The largest absolute Gasteiger partial charge is 0.315 e. The third-order valence-electron chi connectivity index (χ3n) is 4.17. The molecule has 0 saturated heterocycles. The van der Waals surface area contributed by atoms with E-state index in [1.807, 2.05) is 60.6 Å². The second kappa shape index (κ2) is 6.92. The summed E-state index contributed by atoms with van der Waals surface area (Å²) in [6.07, 6.45) is 1.29. The first-order valence-electron chi connectivity index (χ1n) is 7.85. The van der Waals surface area contributed by atoms with E-state index in [2.05, 4.69) is 0 Å². The van der Waals surface area contributed by atoms with E-state index >= 15 is 0 Å². The molecule has 0 aromatic heterocycles. The highest BCUT2D eigenvalue weighted by Gasteiger charge is 2.38. The van der Waals surface area contributed by atoms with Crippen molar-refractivity contribution in [1.82, 2.24) is 0 Å². The van der Waals surface area contributed by atoms with Crippen molar-refractivity contribution in [3.05, 3.63) is 34.4 Å². The zero-order valence-electron chi connectivity index (χ0n) is 14.5. The van der Waals surface area contributed by atoms with Gasteiger partial charge in [-0.3, -0.25) is 4.79 Å². The molecule has 3 heteroatoms. The van der Waals surface area contributed by atoms with Crippen LogP contribution in [0.5, 0.6) is 0 Å². The predicted molar refractivity (Wildman–Crippen MR) is 92.0 cm³/mol. The molecular weight excluding hydrogens is 279 g/mol. The molecule has 2 unspecified atom stereocenters. The molecule has 2 atom stereocenters. The molecule has 0 radical (unpaired) electrons. The lowest BCUT2D eigenvalue weighted by Crippen LogP contribution is -2.18. The van der Waals surface area contributed by atoms with E-state index in [-0.39, 0.29) is 17.1 Å². The van der Waals surface area contributed by atoms with Crippen LogP contribution in [0.2, 0.25) is 0 Å². The Balaban J connectivity index is 3.40. The molecule has 1 aromatic rings. The van der Waals surface area contributed by atoms with Crippen LogP contribution in [0.4, 0.5) is 0 Å². The summed E-state index contributed by atoms with van der Waals surface area (Å²) in [5.41, 5.74) is 3.57. The summed E-state index contributed by atoms with van der Waals surface area (Å²) in [5.74, 6) is 0.264. The number of benzene rings is 1. The molecule has 0 heterocycles. The van der Waals surface area contributed by atoms with Gasteiger partial charge in [-0.15, -0.1) is 0 Å². The number of carbonyl (C=O) groups excluding carboxylic acids is 1. The maximum Gasteiger partial charge on any atom is 0.222 e. The summed E-state index contributed by atoms with van der Waals surface area (Å²) in [5, 5.41) is 0. The second-order valence-electron chi connectivity index (χ2n) is 6.71. The number of hydrogen-bond acceptors (Lipinski definition) is 2. The molecule has 0 N–H and O–H groups in total.